The molecule has 2 aromatic rings. The Bertz CT molecular complexity index is 683. The summed E-state index contributed by atoms with van der Waals surface area (Å²) in [6, 6.07) is 21.9. The van der Waals surface area contributed by atoms with Gasteiger partial charge in [0, 0.05) is 0 Å². The Labute approximate surface area is 163 Å². The summed E-state index contributed by atoms with van der Waals surface area (Å²) in [4.78, 5) is 0. The lowest BCUT2D eigenvalue weighted by Gasteiger charge is -2.55. The van der Waals surface area contributed by atoms with Gasteiger partial charge in [-0.1, -0.05) is 107 Å². The van der Waals surface area contributed by atoms with Gasteiger partial charge in [0.25, 0.3) is 0 Å². The number of benzene rings is 2. The Morgan fingerprint density at radius 2 is 1.04 bits per heavy atom. The molecule has 2 aromatic carbocycles. The van der Waals surface area contributed by atoms with Crippen molar-refractivity contribution in [2.45, 2.75) is 59.1 Å². The molecule has 0 aliphatic heterocycles. The van der Waals surface area contributed by atoms with Crippen molar-refractivity contribution in [3.8, 4) is 0 Å². The first-order valence-corrected chi connectivity index (χ1v) is 15.8. The lowest BCUT2D eigenvalue weighted by atomic mass is 9.95. The lowest BCUT2D eigenvalue weighted by molar-refractivity contribution is 0.0437. The fraction of sp³-hybridized carbons (Fsp3) is 0.478. The zero-order valence-corrected chi connectivity index (χ0v) is 19.8. The molecule has 0 N–H and O–H groups in total. The van der Waals surface area contributed by atoms with Crippen molar-refractivity contribution in [3.63, 3.8) is 0 Å². The molecule has 0 radical (unpaired) electrons. The van der Waals surface area contributed by atoms with Gasteiger partial charge < -0.3 is 4.43 Å². The molecule has 0 heterocycles. The van der Waals surface area contributed by atoms with Crippen molar-refractivity contribution in [1.29, 1.82) is 0 Å². The first kappa shape index (κ1) is 21.1. The van der Waals surface area contributed by atoms with Crippen LogP contribution in [0.15, 0.2) is 60.7 Å². The van der Waals surface area contributed by atoms with Crippen LogP contribution in [0.5, 0.6) is 0 Å². The molecule has 0 aliphatic rings. The Morgan fingerprint density at radius 3 is 1.42 bits per heavy atom. The van der Waals surface area contributed by atoms with E-state index in [0.29, 0.717) is 11.8 Å². The van der Waals surface area contributed by atoms with Crippen LogP contribution in [0.3, 0.4) is 0 Å². The van der Waals surface area contributed by atoms with Crippen LogP contribution in [-0.4, -0.2) is 21.6 Å². The Hall–Kier alpha value is -1.17. The zero-order chi connectivity index (χ0) is 19.6. The van der Waals surface area contributed by atoms with E-state index in [1.165, 1.54) is 10.4 Å². The van der Waals surface area contributed by atoms with E-state index in [9.17, 15) is 0 Å². The van der Waals surface area contributed by atoms with E-state index in [-0.39, 0.29) is 5.22 Å². The topological polar surface area (TPSA) is 9.23 Å². The van der Waals surface area contributed by atoms with Crippen molar-refractivity contribution in [3.05, 3.63) is 60.7 Å². The molecule has 2 rings (SSSR count). The second-order valence-electron chi connectivity index (χ2n) is 9.07. The summed E-state index contributed by atoms with van der Waals surface area (Å²) in [5.41, 5.74) is 0. The molecule has 0 atom stereocenters. The second kappa shape index (κ2) is 7.83. The first-order chi connectivity index (χ1) is 12.1. The van der Waals surface area contributed by atoms with Gasteiger partial charge in [-0.15, -0.1) is 0 Å². The van der Waals surface area contributed by atoms with Crippen LogP contribution in [0.4, 0.5) is 0 Å². The molecule has 142 valence electrons. The minimum atomic E-state index is -2.05. The minimum absolute atomic E-state index is 0.111. The summed E-state index contributed by atoms with van der Waals surface area (Å²) in [5, 5.41) is 2.75. The molecule has 3 heteroatoms. The van der Waals surface area contributed by atoms with Crippen LogP contribution in [0.25, 0.3) is 0 Å². The van der Waals surface area contributed by atoms with Gasteiger partial charge in [0.1, 0.15) is 8.07 Å². The minimum Gasteiger partial charge on any atom is -0.409 e. The van der Waals surface area contributed by atoms with Crippen LogP contribution in [0, 0.1) is 11.8 Å². The van der Waals surface area contributed by atoms with E-state index < -0.39 is 16.4 Å². The highest BCUT2D eigenvalue weighted by atomic mass is 28.4. The molecule has 26 heavy (non-hydrogen) atoms. The molecule has 0 spiro atoms. The third kappa shape index (κ3) is 3.76. The van der Waals surface area contributed by atoms with Crippen molar-refractivity contribution in [2.24, 2.45) is 11.8 Å². The van der Waals surface area contributed by atoms with Crippen molar-refractivity contribution >= 4 is 26.8 Å². The van der Waals surface area contributed by atoms with Crippen LogP contribution in [0.2, 0.25) is 26.2 Å². The van der Waals surface area contributed by atoms with Crippen LogP contribution in [0.1, 0.15) is 27.7 Å². The van der Waals surface area contributed by atoms with Gasteiger partial charge in [0.15, 0.2) is 0 Å². The lowest BCUT2D eigenvalue weighted by Crippen LogP contribution is -2.72. The maximum Gasteiger partial charge on any atom is 0.218 e. The second-order valence-corrected chi connectivity index (χ2v) is 17.5. The fourth-order valence-corrected chi connectivity index (χ4v) is 13.5. The molecule has 0 saturated heterocycles. The van der Waals surface area contributed by atoms with Gasteiger partial charge in [-0.05, 0) is 30.1 Å². The van der Waals surface area contributed by atoms with E-state index in [4.69, 9.17) is 4.43 Å². The third-order valence-electron chi connectivity index (χ3n) is 6.08. The average molecular weight is 385 g/mol. The maximum absolute atomic E-state index is 7.35. The van der Waals surface area contributed by atoms with E-state index in [0.717, 1.165) is 0 Å². The van der Waals surface area contributed by atoms with Gasteiger partial charge >= 0.3 is 0 Å². The summed E-state index contributed by atoms with van der Waals surface area (Å²) in [6.07, 6.45) is 0. The predicted molar refractivity (Wildman–Crippen MR) is 121 cm³/mol. The first-order valence-electron chi connectivity index (χ1n) is 9.87. The molecule has 0 aliphatic carbocycles. The van der Waals surface area contributed by atoms with Gasteiger partial charge in [-0.25, -0.2) is 0 Å². The molecule has 0 amide bonds. The van der Waals surface area contributed by atoms with Gasteiger partial charge in [-0.2, -0.15) is 0 Å². The van der Waals surface area contributed by atoms with Crippen LogP contribution < -0.4 is 10.4 Å². The molecule has 0 unspecified atom stereocenters. The Balaban J connectivity index is 2.60. The zero-order valence-electron chi connectivity index (χ0n) is 17.8. The number of hydrogen-bond acceptors (Lipinski definition) is 1. The van der Waals surface area contributed by atoms with E-state index >= 15 is 0 Å². The van der Waals surface area contributed by atoms with Crippen molar-refractivity contribution in [1.82, 2.24) is 0 Å². The molecule has 0 bridgehead atoms. The molecule has 1 nitrogen and oxygen atoms in total. The van der Waals surface area contributed by atoms with Gasteiger partial charge in [0.2, 0.25) is 8.32 Å². The standard InChI is InChI=1S/C23H36OSi2/c1-19(2)23(20(3)4,25(5,6)21-15-11-9-12-16-21)24-26(7,8)22-17-13-10-14-18-22/h9-20H,1-8H3. The molecule has 0 aromatic heterocycles. The highest BCUT2D eigenvalue weighted by molar-refractivity contribution is 6.93. The van der Waals surface area contributed by atoms with E-state index in [2.05, 4.69) is 115 Å². The number of rotatable bonds is 7. The van der Waals surface area contributed by atoms with E-state index in [1.807, 2.05) is 0 Å². The third-order valence-corrected chi connectivity index (χ3v) is 13.8. The summed E-state index contributed by atoms with van der Waals surface area (Å²) >= 11 is 0. The highest BCUT2D eigenvalue weighted by Gasteiger charge is 2.55. The summed E-state index contributed by atoms with van der Waals surface area (Å²) in [7, 11) is -3.96. The number of hydrogen-bond donors (Lipinski definition) is 0. The molecule has 0 saturated carbocycles. The monoisotopic (exact) mass is 384 g/mol. The van der Waals surface area contributed by atoms with Gasteiger partial charge in [0.05, 0.1) is 5.22 Å². The molecular formula is C23H36OSi2. The van der Waals surface area contributed by atoms with Crippen LogP contribution >= 0.6 is 0 Å². The van der Waals surface area contributed by atoms with Crippen molar-refractivity contribution < 1.29 is 4.43 Å². The Morgan fingerprint density at radius 1 is 0.654 bits per heavy atom. The average Bonchev–Trinajstić information content (AvgIpc) is 2.60. The molecular weight excluding hydrogens is 348 g/mol. The van der Waals surface area contributed by atoms with Gasteiger partial charge in [-0.3, -0.25) is 0 Å². The fourth-order valence-electron chi connectivity index (χ4n) is 4.87. The molecule has 0 fully saturated rings. The summed E-state index contributed by atoms with van der Waals surface area (Å²) in [6.45, 7) is 19.1. The normalized spacial score (nSPS) is 13.5. The quantitative estimate of drug-likeness (QED) is 0.587. The summed E-state index contributed by atoms with van der Waals surface area (Å²) < 4.78 is 7.35. The predicted octanol–water partition coefficient (Wildman–Crippen LogP) is 5.32. The largest absolute Gasteiger partial charge is 0.409 e. The summed E-state index contributed by atoms with van der Waals surface area (Å²) in [5.74, 6) is 0.916. The van der Waals surface area contributed by atoms with Crippen LogP contribution in [-0.2, 0) is 4.43 Å². The Kier molecular flexibility index (Phi) is 6.37. The SMILES string of the molecule is CC(C)C(O[Si](C)(C)c1ccccc1)(C(C)C)[Si](C)(C)c1ccccc1. The maximum atomic E-state index is 7.35. The van der Waals surface area contributed by atoms with E-state index in [1.54, 1.807) is 0 Å². The smallest absolute Gasteiger partial charge is 0.218 e. The highest BCUT2D eigenvalue weighted by Crippen LogP contribution is 2.41. The van der Waals surface area contributed by atoms with Crippen molar-refractivity contribution in [2.75, 3.05) is 0 Å².